The molecule has 0 aliphatic heterocycles. The molecular formula is C25H15ClF3N3O4S. The van der Waals surface area contributed by atoms with Gasteiger partial charge in [-0.25, -0.2) is 9.38 Å². The van der Waals surface area contributed by atoms with E-state index in [0.29, 0.717) is 27.2 Å². The fourth-order valence-corrected chi connectivity index (χ4v) is 5.02. The van der Waals surface area contributed by atoms with Crippen molar-refractivity contribution in [1.82, 2.24) is 9.38 Å². The van der Waals surface area contributed by atoms with Gasteiger partial charge in [-0.3, -0.25) is 14.9 Å². The van der Waals surface area contributed by atoms with Crippen molar-refractivity contribution in [3.63, 3.8) is 0 Å². The predicted molar refractivity (Wildman–Crippen MR) is 135 cm³/mol. The molecule has 0 amide bonds. The Hall–Kier alpha value is -3.96. The number of nitro groups is 1. The zero-order valence-corrected chi connectivity index (χ0v) is 20.7. The molecule has 2 heterocycles. The topological polar surface area (TPSA) is 86.7 Å². The summed E-state index contributed by atoms with van der Waals surface area (Å²) in [4.78, 5) is 28.6. The van der Waals surface area contributed by atoms with Crippen LogP contribution in [0.5, 0.6) is 11.5 Å². The molecule has 5 rings (SSSR count). The second kappa shape index (κ2) is 8.86. The Morgan fingerprint density at radius 1 is 1.08 bits per heavy atom. The number of benzene rings is 3. The summed E-state index contributed by atoms with van der Waals surface area (Å²) < 4.78 is 46.3. The molecule has 0 fully saturated rings. The number of imidazole rings is 1. The van der Waals surface area contributed by atoms with Gasteiger partial charge in [0.05, 0.1) is 31.1 Å². The van der Waals surface area contributed by atoms with Gasteiger partial charge in [0.25, 0.3) is 5.56 Å². The van der Waals surface area contributed by atoms with Crippen molar-refractivity contribution in [3.05, 3.63) is 101 Å². The molecule has 0 spiro atoms. The maximum absolute atomic E-state index is 13.1. The van der Waals surface area contributed by atoms with Crippen molar-refractivity contribution < 1.29 is 22.8 Å². The number of nitrogens with zero attached hydrogens (tertiary/aromatic N) is 3. The first-order chi connectivity index (χ1) is 17.4. The second-order valence-corrected chi connectivity index (χ2v) is 9.72. The summed E-state index contributed by atoms with van der Waals surface area (Å²) in [6, 6.07) is 10.3. The molecule has 12 heteroatoms. The Morgan fingerprint density at radius 2 is 1.78 bits per heavy atom. The summed E-state index contributed by atoms with van der Waals surface area (Å²) in [5, 5.41) is 11.4. The van der Waals surface area contributed by atoms with Gasteiger partial charge in [0.15, 0.2) is 4.96 Å². The Labute approximate surface area is 215 Å². The lowest BCUT2D eigenvalue weighted by Gasteiger charge is -2.11. The summed E-state index contributed by atoms with van der Waals surface area (Å²) in [7, 11) is 0. The zero-order chi connectivity index (χ0) is 26.6. The minimum absolute atomic E-state index is 0.00171. The maximum Gasteiger partial charge on any atom is 0.416 e. The average molecular weight is 546 g/mol. The van der Waals surface area contributed by atoms with Crippen LogP contribution in [0, 0.1) is 24.0 Å². The van der Waals surface area contributed by atoms with Crippen LogP contribution in [-0.2, 0) is 6.18 Å². The summed E-state index contributed by atoms with van der Waals surface area (Å²) in [6.07, 6.45) is -3.11. The van der Waals surface area contributed by atoms with Crippen LogP contribution in [0.2, 0.25) is 5.02 Å². The van der Waals surface area contributed by atoms with Crippen LogP contribution in [-0.4, -0.2) is 14.3 Å². The van der Waals surface area contributed by atoms with Gasteiger partial charge in [-0.05, 0) is 73.0 Å². The Morgan fingerprint density at radius 3 is 2.46 bits per heavy atom. The number of nitro benzene ring substituents is 1. The highest BCUT2D eigenvalue weighted by atomic mass is 35.5. The van der Waals surface area contributed by atoms with E-state index in [-0.39, 0.29) is 16.3 Å². The van der Waals surface area contributed by atoms with E-state index in [0.717, 1.165) is 28.2 Å². The fourth-order valence-electron chi connectivity index (χ4n) is 3.80. The molecular weight excluding hydrogens is 531 g/mol. The maximum atomic E-state index is 13.1. The number of ether oxygens (including phenoxy) is 1. The molecule has 0 saturated carbocycles. The molecule has 0 atom stereocenters. The highest BCUT2D eigenvalue weighted by molar-refractivity contribution is 7.15. The van der Waals surface area contributed by atoms with Crippen LogP contribution in [0.1, 0.15) is 22.3 Å². The molecule has 0 aliphatic carbocycles. The van der Waals surface area contributed by atoms with E-state index in [2.05, 4.69) is 4.98 Å². The zero-order valence-electron chi connectivity index (χ0n) is 19.1. The van der Waals surface area contributed by atoms with Crippen molar-refractivity contribution >= 4 is 50.7 Å². The largest absolute Gasteiger partial charge is 0.449 e. The lowest BCUT2D eigenvalue weighted by atomic mass is 10.1. The highest BCUT2D eigenvalue weighted by Gasteiger charge is 2.33. The Bertz CT molecular complexity index is 1850. The molecule has 188 valence electrons. The van der Waals surface area contributed by atoms with Crippen LogP contribution in [0.25, 0.3) is 22.1 Å². The fraction of sp³-hybridized carbons (Fsp3) is 0.120. The molecule has 0 N–H and O–H groups in total. The van der Waals surface area contributed by atoms with E-state index in [1.54, 1.807) is 16.5 Å². The Balaban J connectivity index is 1.50. The number of aromatic nitrogens is 2. The number of fused-ring (bicyclic) bond motifs is 3. The molecule has 0 bridgehead atoms. The normalized spacial score (nSPS) is 12.5. The number of rotatable bonds is 4. The summed E-state index contributed by atoms with van der Waals surface area (Å²) in [5.74, 6) is -0.391. The van der Waals surface area contributed by atoms with Crippen molar-refractivity contribution in [1.29, 1.82) is 0 Å². The van der Waals surface area contributed by atoms with Crippen LogP contribution in [0.15, 0.2) is 53.3 Å². The average Bonchev–Trinajstić information content (AvgIpc) is 3.30. The first kappa shape index (κ1) is 24.7. The molecule has 2 aromatic heterocycles. The van der Waals surface area contributed by atoms with Gasteiger partial charge in [0.2, 0.25) is 5.75 Å². The van der Waals surface area contributed by atoms with Gasteiger partial charge in [-0.15, -0.1) is 0 Å². The van der Waals surface area contributed by atoms with Gasteiger partial charge in [-0.1, -0.05) is 29.0 Å². The van der Waals surface area contributed by atoms with Crippen molar-refractivity contribution in [2.75, 3.05) is 0 Å². The predicted octanol–water partition coefficient (Wildman–Crippen LogP) is 6.45. The van der Waals surface area contributed by atoms with Crippen molar-refractivity contribution in [2.45, 2.75) is 20.0 Å². The van der Waals surface area contributed by atoms with Gasteiger partial charge >= 0.3 is 11.9 Å². The third-order valence-electron chi connectivity index (χ3n) is 5.81. The summed E-state index contributed by atoms with van der Waals surface area (Å²) >= 11 is 7.52. The van der Waals surface area contributed by atoms with Crippen LogP contribution < -0.4 is 14.8 Å². The molecule has 5 aromatic rings. The second-order valence-electron chi connectivity index (χ2n) is 8.30. The third-order valence-corrected chi connectivity index (χ3v) is 7.08. The number of aryl methyl sites for hydroxylation is 2. The summed E-state index contributed by atoms with van der Waals surface area (Å²) in [5.41, 5.74) is 1.88. The molecule has 3 aromatic carbocycles. The lowest BCUT2D eigenvalue weighted by Crippen LogP contribution is -2.22. The van der Waals surface area contributed by atoms with Gasteiger partial charge < -0.3 is 4.74 Å². The Kier molecular flexibility index (Phi) is 5.92. The van der Waals surface area contributed by atoms with E-state index < -0.39 is 28.1 Å². The van der Waals surface area contributed by atoms with Gasteiger partial charge in [-0.2, -0.15) is 13.2 Å². The minimum atomic E-state index is -4.74. The standard InChI is InChI=1S/C25H15ClF3N3O4S/c1-12-7-17-18(8-13(12)2)31-23(33)22(37-24(31)30-17)10-14-3-5-20(16(26)9-14)36-21-6-4-15(25(27,28)29)11-19(21)32(34)35/h3-11H,1-2H3/b22-10-. The SMILES string of the molecule is Cc1cc2nc3s/c(=C\c4ccc(Oc5ccc(C(F)(F)F)cc5[N+](=O)[O-])c(Cl)c4)c(=O)n3c2cc1C. The first-order valence-corrected chi connectivity index (χ1v) is 11.9. The molecule has 0 radical (unpaired) electrons. The van der Waals surface area contributed by atoms with Crippen molar-refractivity contribution in [3.8, 4) is 11.5 Å². The van der Waals surface area contributed by atoms with Crippen molar-refractivity contribution in [2.24, 2.45) is 0 Å². The number of thiazole rings is 1. The quantitative estimate of drug-likeness (QED) is 0.191. The number of halogens is 4. The van der Waals surface area contributed by atoms with E-state index in [9.17, 15) is 28.1 Å². The molecule has 0 saturated heterocycles. The highest BCUT2D eigenvalue weighted by Crippen LogP contribution is 2.39. The van der Waals surface area contributed by atoms with Crippen LogP contribution in [0.4, 0.5) is 18.9 Å². The molecule has 0 aliphatic rings. The molecule has 0 unspecified atom stereocenters. The van der Waals surface area contributed by atoms with E-state index >= 15 is 0 Å². The smallest absolute Gasteiger partial charge is 0.416 e. The molecule has 7 nitrogen and oxygen atoms in total. The molecule has 37 heavy (non-hydrogen) atoms. The van der Waals surface area contributed by atoms with E-state index in [1.165, 1.54) is 23.5 Å². The lowest BCUT2D eigenvalue weighted by molar-refractivity contribution is -0.385. The summed E-state index contributed by atoms with van der Waals surface area (Å²) in [6.45, 7) is 3.94. The monoisotopic (exact) mass is 545 g/mol. The van der Waals surface area contributed by atoms with Crippen LogP contribution >= 0.6 is 22.9 Å². The van der Waals surface area contributed by atoms with Gasteiger partial charge in [0.1, 0.15) is 5.75 Å². The number of hydrogen-bond donors (Lipinski definition) is 0. The minimum Gasteiger partial charge on any atom is -0.449 e. The van der Waals surface area contributed by atoms with E-state index in [4.69, 9.17) is 16.3 Å². The third kappa shape index (κ3) is 4.51. The van der Waals surface area contributed by atoms with Gasteiger partial charge in [0, 0.05) is 6.07 Å². The van der Waals surface area contributed by atoms with E-state index in [1.807, 2.05) is 26.0 Å². The first-order valence-electron chi connectivity index (χ1n) is 10.7. The van der Waals surface area contributed by atoms with Crippen LogP contribution in [0.3, 0.4) is 0 Å². The number of alkyl halides is 3. The number of hydrogen-bond acceptors (Lipinski definition) is 6.